The maximum Gasteiger partial charge on any atom is 0.235 e. The third-order valence-electron chi connectivity index (χ3n) is 11.0. The summed E-state index contributed by atoms with van der Waals surface area (Å²) in [7, 11) is 0. The number of para-hydroxylation sites is 2. The summed E-state index contributed by atoms with van der Waals surface area (Å²) in [4.78, 5) is 15.1. The first-order valence-electron chi connectivity index (χ1n) is 17.4. The van der Waals surface area contributed by atoms with Crippen LogP contribution in [0.2, 0.25) is 0 Å². The molecular weight excluding hydrogens is 623 g/mol. The largest absolute Gasteiger partial charge is 0.308 e. The number of hydrogen-bond donors (Lipinski definition) is 0. The molecule has 4 aromatic heterocycles. The fourth-order valence-corrected chi connectivity index (χ4v) is 8.65. The molecule has 4 heterocycles. The van der Waals surface area contributed by atoms with Gasteiger partial charge in [0, 0.05) is 44.1 Å². The van der Waals surface area contributed by atoms with E-state index in [4.69, 9.17) is 9.97 Å². The summed E-state index contributed by atoms with van der Waals surface area (Å²) < 4.78 is 4.54. The maximum absolute atomic E-state index is 5.40. The van der Waals surface area contributed by atoms with E-state index in [0.717, 1.165) is 38.8 Å². The van der Waals surface area contributed by atoms with Crippen LogP contribution in [-0.4, -0.2) is 24.1 Å². The average molecular weight is 654 g/mol. The Balaban J connectivity index is 1.13. The number of aromatic nitrogens is 5. The Bertz CT molecular complexity index is 3060. The van der Waals surface area contributed by atoms with Gasteiger partial charge < -0.3 is 4.57 Å². The zero-order valence-electron chi connectivity index (χ0n) is 28.2. The average Bonchev–Trinajstić information content (AvgIpc) is 3.69. The summed E-state index contributed by atoms with van der Waals surface area (Å²) in [5.74, 6) is 0.688. The normalized spacial score (nSPS) is 13.5. The highest BCUT2D eigenvalue weighted by Crippen LogP contribution is 2.48. The van der Waals surface area contributed by atoms with Gasteiger partial charge in [-0.3, -0.25) is 9.55 Å². The van der Waals surface area contributed by atoms with Crippen LogP contribution >= 0.6 is 0 Å². The first-order valence-corrected chi connectivity index (χ1v) is 17.4. The lowest BCUT2D eigenvalue weighted by Gasteiger charge is -2.34. The van der Waals surface area contributed by atoms with Gasteiger partial charge >= 0.3 is 0 Å². The second-order valence-electron chi connectivity index (χ2n) is 14.1. The molecule has 6 aromatic carbocycles. The van der Waals surface area contributed by atoms with E-state index in [9.17, 15) is 0 Å². The second-order valence-corrected chi connectivity index (χ2v) is 14.1. The van der Waals surface area contributed by atoms with E-state index in [1.807, 2.05) is 18.5 Å². The summed E-state index contributed by atoms with van der Waals surface area (Å²) in [6.07, 6.45) is 3.75. The van der Waals surface area contributed by atoms with Gasteiger partial charge in [-0.2, -0.15) is 0 Å². The van der Waals surface area contributed by atoms with Crippen LogP contribution in [0.15, 0.2) is 152 Å². The minimum absolute atomic E-state index is 0.145. The molecule has 1 aliphatic carbocycles. The van der Waals surface area contributed by atoms with Crippen molar-refractivity contribution < 1.29 is 0 Å². The monoisotopic (exact) mass is 653 g/mol. The van der Waals surface area contributed by atoms with Crippen molar-refractivity contribution in [2.75, 3.05) is 0 Å². The zero-order chi connectivity index (χ0) is 33.8. The van der Waals surface area contributed by atoms with Gasteiger partial charge in [-0.1, -0.05) is 98.8 Å². The zero-order valence-corrected chi connectivity index (χ0v) is 28.2. The molecule has 0 fully saturated rings. The third kappa shape index (κ3) is 3.89. The van der Waals surface area contributed by atoms with Crippen molar-refractivity contribution in [2.24, 2.45) is 0 Å². The van der Waals surface area contributed by atoms with Gasteiger partial charge in [0.2, 0.25) is 5.95 Å². The van der Waals surface area contributed by atoms with Crippen molar-refractivity contribution in [1.82, 2.24) is 24.1 Å². The van der Waals surface area contributed by atoms with Gasteiger partial charge in [0.05, 0.1) is 45.2 Å². The molecule has 0 unspecified atom stereocenters. The standard InChI is InChI=1S/C46H31N5/c1-46(2)36-15-6-3-14-33(36)44-43-37(46)16-9-17-38(43)48-45(49-44)51-40-19-8-5-13-32(40)35-26-29(21-23-42(35)51)28-20-22-41-34(25-28)31-12-4-7-18-39(31)50(41)30-11-10-24-47-27-30/h3-27H,1-2H3. The van der Waals surface area contributed by atoms with Crippen molar-refractivity contribution in [3.05, 3.63) is 163 Å². The van der Waals surface area contributed by atoms with Crippen LogP contribution < -0.4 is 0 Å². The number of nitrogens with zero attached hydrogens (tertiary/aromatic N) is 5. The Kier molecular flexibility index (Phi) is 5.66. The van der Waals surface area contributed by atoms with Crippen molar-refractivity contribution in [3.8, 4) is 34.0 Å². The molecule has 0 saturated heterocycles. The minimum atomic E-state index is -0.145. The molecule has 1 aliphatic rings. The molecule has 0 amide bonds. The lowest BCUT2D eigenvalue weighted by molar-refractivity contribution is 0.643. The number of fused-ring (bicyclic) bond motifs is 8. The fraction of sp³-hybridized carbons (Fsp3) is 0.0652. The number of rotatable bonds is 3. The number of pyridine rings is 1. The molecule has 0 saturated carbocycles. The number of benzene rings is 6. The summed E-state index contributed by atoms with van der Waals surface area (Å²) in [6, 6.07) is 50.2. The van der Waals surface area contributed by atoms with E-state index in [2.05, 4.69) is 161 Å². The Morgan fingerprint density at radius 1 is 0.510 bits per heavy atom. The summed E-state index contributed by atoms with van der Waals surface area (Å²) in [6.45, 7) is 4.61. The van der Waals surface area contributed by atoms with Crippen molar-refractivity contribution in [1.29, 1.82) is 0 Å². The van der Waals surface area contributed by atoms with Gasteiger partial charge in [0.15, 0.2) is 0 Å². The van der Waals surface area contributed by atoms with Gasteiger partial charge in [0.1, 0.15) is 0 Å². The van der Waals surface area contributed by atoms with Crippen LogP contribution in [-0.2, 0) is 5.41 Å². The van der Waals surface area contributed by atoms with E-state index in [1.54, 1.807) is 0 Å². The topological polar surface area (TPSA) is 48.5 Å². The lowest BCUT2D eigenvalue weighted by Crippen LogP contribution is -2.24. The molecular formula is C46H31N5. The third-order valence-corrected chi connectivity index (χ3v) is 11.0. The van der Waals surface area contributed by atoms with Crippen LogP contribution in [0.3, 0.4) is 0 Å². The molecule has 10 aromatic rings. The van der Waals surface area contributed by atoms with Crippen molar-refractivity contribution in [2.45, 2.75) is 19.3 Å². The van der Waals surface area contributed by atoms with Crippen LogP contribution in [0.5, 0.6) is 0 Å². The molecule has 240 valence electrons. The Hall–Kier alpha value is -6.59. The predicted molar refractivity (Wildman–Crippen MR) is 209 cm³/mol. The molecule has 0 spiro atoms. The summed E-state index contributed by atoms with van der Waals surface area (Å²) in [5, 5.41) is 5.94. The SMILES string of the molecule is CC1(C)c2ccccc2-c2nc(-n3c4ccccc4c4cc(-c5ccc6c(c5)c5ccccc5n6-c5cccnc5)ccc43)nc3cccc1c23. The predicted octanol–water partition coefficient (Wildman–Crippen LogP) is 11.2. The van der Waals surface area contributed by atoms with Gasteiger partial charge in [-0.15, -0.1) is 0 Å². The minimum Gasteiger partial charge on any atom is -0.308 e. The van der Waals surface area contributed by atoms with Gasteiger partial charge in [-0.05, 0) is 76.9 Å². The highest BCUT2D eigenvalue weighted by Gasteiger charge is 2.34. The molecule has 0 N–H and O–H groups in total. The van der Waals surface area contributed by atoms with Crippen molar-refractivity contribution >= 4 is 54.5 Å². The lowest BCUT2D eigenvalue weighted by atomic mass is 9.70. The molecule has 5 nitrogen and oxygen atoms in total. The molecule has 11 rings (SSSR count). The first kappa shape index (κ1) is 28.3. The summed E-state index contributed by atoms with van der Waals surface area (Å²) >= 11 is 0. The Labute approximate surface area is 294 Å². The van der Waals surface area contributed by atoms with Crippen LogP contribution in [0.25, 0.3) is 88.5 Å². The maximum atomic E-state index is 5.40. The van der Waals surface area contributed by atoms with E-state index in [1.165, 1.54) is 54.9 Å². The highest BCUT2D eigenvalue weighted by atomic mass is 15.2. The van der Waals surface area contributed by atoms with E-state index in [-0.39, 0.29) is 5.41 Å². The first-order chi connectivity index (χ1) is 25.1. The van der Waals surface area contributed by atoms with Gasteiger partial charge in [0.25, 0.3) is 0 Å². The van der Waals surface area contributed by atoms with E-state index < -0.39 is 0 Å². The molecule has 0 bridgehead atoms. The van der Waals surface area contributed by atoms with E-state index in [0.29, 0.717) is 5.95 Å². The molecule has 51 heavy (non-hydrogen) atoms. The van der Waals surface area contributed by atoms with Crippen LogP contribution in [0.4, 0.5) is 0 Å². The van der Waals surface area contributed by atoms with Crippen LogP contribution in [0.1, 0.15) is 25.0 Å². The van der Waals surface area contributed by atoms with Crippen LogP contribution in [0, 0.1) is 0 Å². The smallest absolute Gasteiger partial charge is 0.235 e. The highest BCUT2D eigenvalue weighted by molar-refractivity contribution is 6.13. The second kappa shape index (κ2) is 10.2. The molecule has 0 aliphatic heterocycles. The van der Waals surface area contributed by atoms with E-state index >= 15 is 0 Å². The molecule has 0 radical (unpaired) electrons. The fourth-order valence-electron chi connectivity index (χ4n) is 8.65. The Morgan fingerprint density at radius 3 is 1.86 bits per heavy atom. The van der Waals surface area contributed by atoms with Crippen molar-refractivity contribution in [3.63, 3.8) is 0 Å². The van der Waals surface area contributed by atoms with Gasteiger partial charge in [-0.25, -0.2) is 9.97 Å². The molecule has 0 atom stereocenters. The Morgan fingerprint density at radius 2 is 1.14 bits per heavy atom. The molecule has 5 heteroatoms. The summed E-state index contributed by atoms with van der Waals surface area (Å²) in [5.41, 5.74) is 13.5. The quantitative estimate of drug-likeness (QED) is 0.191. The number of hydrogen-bond acceptors (Lipinski definition) is 3.